The molecule has 7 nitrogen and oxygen atoms in total. The fraction of sp³-hybridized carbons (Fsp3) is 0.333. The fourth-order valence-corrected chi connectivity index (χ4v) is 3.27. The highest BCUT2D eigenvalue weighted by molar-refractivity contribution is 8.23. The maximum atomic E-state index is 11.7. The van der Waals surface area contributed by atoms with E-state index in [-0.39, 0.29) is 19.1 Å². The van der Waals surface area contributed by atoms with Crippen molar-refractivity contribution in [3.63, 3.8) is 0 Å². The van der Waals surface area contributed by atoms with Crippen molar-refractivity contribution in [3.05, 3.63) is 35.9 Å². The van der Waals surface area contributed by atoms with Crippen LogP contribution < -0.4 is 10.1 Å². The number of carbonyl (C=O) groups is 3. The third kappa shape index (κ3) is 7.03. The van der Waals surface area contributed by atoms with Gasteiger partial charge in [0.05, 0.1) is 12.4 Å². The van der Waals surface area contributed by atoms with E-state index in [1.54, 1.807) is 18.2 Å². The SMILES string of the molecule is CCOc1ccc(/C=C/C(=O)OCC(=O)NCCN2C(=O)CSC2=S)cc1. The van der Waals surface area contributed by atoms with Crippen LogP contribution in [-0.2, 0) is 19.1 Å². The summed E-state index contributed by atoms with van der Waals surface area (Å²) in [6.07, 6.45) is 2.84. The van der Waals surface area contributed by atoms with E-state index in [9.17, 15) is 14.4 Å². The standard InChI is InChI=1S/C18H20N2O5S2/c1-2-24-14-6-3-13(4-7-14)5-8-17(23)25-11-15(21)19-9-10-20-16(22)12-27-18(20)26/h3-8H,2,9-12H2,1H3,(H,19,21)/b8-5+. The molecule has 0 spiro atoms. The van der Waals surface area contributed by atoms with Crippen LogP contribution >= 0.6 is 24.0 Å². The summed E-state index contributed by atoms with van der Waals surface area (Å²) in [4.78, 5) is 36.3. The van der Waals surface area contributed by atoms with Gasteiger partial charge < -0.3 is 14.8 Å². The molecule has 9 heteroatoms. The van der Waals surface area contributed by atoms with Gasteiger partial charge in [0, 0.05) is 19.2 Å². The number of ether oxygens (including phenoxy) is 2. The molecule has 1 heterocycles. The molecule has 0 bridgehead atoms. The van der Waals surface area contributed by atoms with Crippen LogP contribution in [0.1, 0.15) is 12.5 Å². The molecule has 0 aliphatic carbocycles. The van der Waals surface area contributed by atoms with Gasteiger partial charge in [0.25, 0.3) is 5.91 Å². The number of hydrogen-bond donors (Lipinski definition) is 1. The summed E-state index contributed by atoms with van der Waals surface area (Å²) in [6.45, 7) is 2.65. The van der Waals surface area contributed by atoms with Crippen molar-refractivity contribution < 1.29 is 23.9 Å². The third-order valence-corrected chi connectivity index (χ3v) is 4.88. The Morgan fingerprint density at radius 2 is 2.07 bits per heavy atom. The summed E-state index contributed by atoms with van der Waals surface area (Å²) in [5.74, 6) is -0.0335. The molecule has 1 aliphatic heterocycles. The van der Waals surface area contributed by atoms with Crippen LogP contribution in [0.15, 0.2) is 30.3 Å². The van der Waals surface area contributed by atoms with E-state index in [1.807, 2.05) is 19.1 Å². The third-order valence-electron chi connectivity index (χ3n) is 3.45. The average molecular weight is 409 g/mol. The van der Waals surface area contributed by atoms with Gasteiger partial charge in [-0.25, -0.2) is 4.79 Å². The van der Waals surface area contributed by atoms with Crippen LogP contribution in [0.5, 0.6) is 5.75 Å². The molecule has 2 amide bonds. The summed E-state index contributed by atoms with van der Waals surface area (Å²) in [7, 11) is 0. The fourth-order valence-electron chi connectivity index (χ4n) is 2.15. The smallest absolute Gasteiger partial charge is 0.331 e. The highest BCUT2D eigenvalue weighted by atomic mass is 32.2. The lowest BCUT2D eigenvalue weighted by molar-refractivity contribution is -0.143. The first-order chi connectivity index (χ1) is 13.0. The van der Waals surface area contributed by atoms with Crippen LogP contribution in [-0.4, -0.2) is 59.1 Å². The molecule has 0 atom stereocenters. The summed E-state index contributed by atoms with van der Waals surface area (Å²) >= 11 is 6.35. The second kappa shape index (κ2) is 10.7. The number of rotatable bonds is 9. The Kier molecular flexibility index (Phi) is 8.28. The molecule has 2 rings (SSSR count). The Hall–Kier alpha value is -2.39. The van der Waals surface area contributed by atoms with Crippen molar-refractivity contribution >= 4 is 52.2 Å². The minimum Gasteiger partial charge on any atom is -0.494 e. The number of amides is 2. The summed E-state index contributed by atoms with van der Waals surface area (Å²) in [5.41, 5.74) is 0.809. The number of thioether (sulfide) groups is 1. The molecule has 1 aromatic carbocycles. The maximum Gasteiger partial charge on any atom is 0.331 e. The minimum atomic E-state index is -0.619. The van der Waals surface area contributed by atoms with E-state index in [0.29, 0.717) is 23.2 Å². The van der Waals surface area contributed by atoms with Gasteiger partial charge in [0.2, 0.25) is 5.91 Å². The molecular weight excluding hydrogens is 388 g/mol. The largest absolute Gasteiger partial charge is 0.494 e. The molecule has 0 unspecified atom stereocenters. The predicted octanol–water partition coefficient (Wildman–Crippen LogP) is 1.62. The zero-order valence-electron chi connectivity index (χ0n) is 14.8. The van der Waals surface area contributed by atoms with Gasteiger partial charge >= 0.3 is 5.97 Å². The Bertz CT molecular complexity index is 718. The molecule has 1 aromatic rings. The van der Waals surface area contributed by atoms with Crippen molar-refractivity contribution in [2.24, 2.45) is 0 Å². The zero-order chi connectivity index (χ0) is 19.6. The van der Waals surface area contributed by atoms with Crippen LogP contribution in [0.2, 0.25) is 0 Å². The zero-order valence-corrected chi connectivity index (χ0v) is 16.4. The summed E-state index contributed by atoms with van der Waals surface area (Å²) in [6, 6.07) is 7.22. The normalized spacial score (nSPS) is 13.9. The van der Waals surface area contributed by atoms with Crippen molar-refractivity contribution in [3.8, 4) is 5.75 Å². The maximum absolute atomic E-state index is 11.7. The first-order valence-corrected chi connectivity index (χ1v) is 9.70. The number of carbonyl (C=O) groups excluding carboxylic acids is 3. The topological polar surface area (TPSA) is 84.9 Å². The summed E-state index contributed by atoms with van der Waals surface area (Å²) in [5, 5.41) is 2.58. The molecule has 1 aliphatic rings. The molecule has 1 saturated heterocycles. The molecule has 0 aromatic heterocycles. The number of esters is 1. The quantitative estimate of drug-likeness (QED) is 0.378. The Morgan fingerprint density at radius 3 is 2.70 bits per heavy atom. The van der Waals surface area contributed by atoms with Gasteiger partial charge in [-0.3, -0.25) is 14.5 Å². The molecule has 144 valence electrons. The van der Waals surface area contributed by atoms with Crippen LogP contribution in [0.25, 0.3) is 6.08 Å². The second-order valence-corrected chi connectivity index (χ2v) is 7.00. The van der Waals surface area contributed by atoms with E-state index >= 15 is 0 Å². The average Bonchev–Trinajstić information content (AvgIpc) is 2.98. The first kappa shape index (κ1) is 20.9. The Morgan fingerprint density at radius 1 is 1.33 bits per heavy atom. The van der Waals surface area contributed by atoms with Crippen LogP contribution in [0.3, 0.4) is 0 Å². The second-order valence-electron chi connectivity index (χ2n) is 5.39. The van der Waals surface area contributed by atoms with Crippen LogP contribution in [0.4, 0.5) is 0 Å². The van der Waals surface area contributed by atoms with E-state index in [4.69, 9.17) is 21.7 Å². The number of benzene rings is 1. The van der Waals surface area contributed by atoms with Crippen molar-refractivity contribution in [1.82, 2.24) is 10.2 Å². The van der Waals surface area contributed by atoms with Crippen molar-refractivity contribution in [2.75, 3.05) is 32.1 Å². The number of hydrogen-bond acceptors (Lipinski definition) is 7. The van der Waals surface area contributed by atoms with E-state index in [0.717, 1.165) is 11.3 Å². The molecule has 27 heavy (non-hydrogen) atoms. The molecule has 1 N–H and O–H groups in total. The van der Waals surface area contributed by atoms with E-state index in [2.05, 4.69) is 5.32 Å². The van der Waals surface area contributed by atoms with E-state index in [1.165, 1.54) is 22.7 Å². The highest BCUT2D eigenvalue weighted by Gasteiger charge is 2.25. The van der Waals surface area contributed by atoms with Crippen molar-refractivity contribution in [2.45, 2.75) is 6.92 Å². The van der Waals surface area contributed by atoms with E-state index < -0.39 is 11.9 Å². The van der Waals surface area contributed by atoms with Crippen LogP contribution in [0, 0.1) is 0 Å². The first-order valence-electron chi connectivity index (χ1n) is 8.31. The van der Waals surface area contributed by atoms with Gasteiger partial charge in [0.1, 0.15) is 10.1 Å². The molecule has 0 radical (unpaired) electrons. The van der Waals surface area contributed by atoms with Gasteiger partial charge in [-0.1, -0.05) is 36.1 Å². The van der Waals surface area contributed by atoms with Gasteiger partial charge in [-0.05, 0) is 30.7 Å². The van der Waals surface area contributed by atoms with Crippen molar-refractivity contribution in [1.29, 1.82) is 0 Å². The number of nitrogens with one attached hydrogen (secondary N) is 1. The lowest BCUT2D eigenvalue weighted by Crippen LogP contribution is -2.38. The lowest BCUT2D eigenvalue weighted by Gasteiger charge is -2.14. The predicted molar refractivity (Wildman–Crippen MR) is 107 cm³/mol. The minimum absolute atomic E-state index is 0.0647. The molecule has 0 saturated carbocycles. The van der Waals surface area contributed by atoms with Gasteiger partial charge in [-0.2, -0.15) is 0 Å². The highest BCUT2D eigenvalue weighted by Crippen LogP contribution is 2.18. The monoisotopic (exact) mass is 408 g/mol. The Balaban J connectivity index is 1.66. The van der Waals surface area contributed by atoms with Gasteiger partial charge in [-0.15, -0.1) is 0 Å². The summed E-state index contributed by atoms with van der Waals surface area (Å²) < 4.78 is 10.7. The number of thiocarbonyl (C=S) groups is 1. The molecule has 1 fully saturated rings. The number of nitrogens with zero attached hydrogens (tertiary/aromatic N) is 1. The van der Waals surface area contributed by atoms with Gasteiger partial charge in [0.15, 0.2) is 6.61 Å². The lowest BCUT2D eigenvalue weighted by atomic mass is 10.2. The molecular formula is C18H20N2O5S2. The Labute approximate surface area is 167 Å².